The van der Waals surface area contributed by atoms with Crippen LogP contribution in [0.4, 0.5) is 0 Å². The minimum absolute atomic E-state index is 0.0167. The molecule has 0 saturated heterocycles. The Morgan fingerprint density at radius 3 is 3.19 bits per heavy atom. The van der Waals surface area contributed by atoms with Gasteiger partial charge >= 0.3 is 0 Å². The summed E-state index contributed by atoms with van der Waals surface area (Å²) < 4.78 is 10.5. The van der Waals surface area contributed by atoms with Crippen molar-refractivity contribution in [1.29, 1.82) is 0 Å². The molecule has 1 aliphatic rings. The fraction of sp³-hybridized carbons (Fsp3) is 0.438. The summed E-state index contributed by atoms with van der Waals surface area (Å²) in [6.07, 6.45) is 4.66. The fourth-order valence-electron chi connectivity index (χ4n) is 2.29. The zero-order valence-corrected chi connectivity index (χ0v) is 12.2. The topological polar surface area (TPSA) is 67.8 Å². The van der Waals surface area contributed by atoms with Crippen molar-refractivity contribution in [1.82, 2.24) is 5.32 Å². The minimum Gasteiger partial charge on any atom is -0.493 e. The van der Waals surface area contributed by atoms with Crippen LogP contribution in [-0.4, -0.2) is 44.0 Å². The van der Waals surface area contributed by atoms with Crippen molar-refractivity contribution < 1.29 is 19.4 Å². The Balaban J connectivity index is 1.92. The standard InChI is InChI=1S/C16H21NO4/c1-20-11-14(6-8-18)17-16(19)5-3-12-2-4-15-13(10-12)7-9-21-15/h2-5,10,14,18H,6-9,11H2,1H3,(H,17,19)/b5-3+. The molecule has 0 bridgehead atoms. The second-order valence-electron chi connectivity index (χ2n) is 4.97. The van der Waals surface area contributed by atoms with Crippen molar-refractivity contribution in [3.63, 3.8) is 0 Å². The monoisotopic (exact) mass is 291 g/mol. The molecule has 0 aliphatic carbocycles. The van der Waals surface area contributed by atoms with Gasteiger partial charge in [0.15, 0.2) is 0 Å². The number of rotatable bonds is 7. The van der Waals surface area contributed by atoms with E-state index in [4.69, 9.17) is 14.6 Å². The summed E-state index contributed by atoms with van der Waals surface area (Å²) in [4.78, 5) is 11.9. The summed E-state index contributed by atoms with van der Waals surface area (Å²) in [5.74, 6) is 0.738. The van der Waals surface area contributed by atoms with Gasteiger partial charge in [0.25, 0.3) is 0 Å². The summed E-state index contributed by atoms with van der Waals surface area (Å²) in [5, 5.41) is 11.7. The number of aliphatic hydroxyl groups excluding tert-OH is 1. The number of benzene rings is 1. The molecular weight excluding hydrogens is 270 g/mol. The number of aliphatic hydroxyl groups is 1. The van der Waals surface area contributed by atoms with E-state index < -0.39 is 0 Å². The Labute approximate surface area is 124 Å². The molecule has 0 aromatic heterocycles. The van der Waals surface area contributed by atoms with Gasteiger partial charge in [-0.15, -0.1) is 0 Å². The van der Waals surface area contributed by atoms with Gasteiger partial charge < -0.3 is 19.9 Å². The fourth-order valence-corrected chi connectivity index (χ4v) is 2.29. The van der Waals surface area contributed by atoms with Crippen molar-refractivity contribution in [3.8, 4) is 5.75 Å². The number of fused-ring (bicyclic) bond motifs is 1. The summed E-state index contributed by atoms with van der Waals surface area (Å²) >= 11 is 0. The third kappa shape index (κ3) is 4.58. The number of ether oxygens (including phenoxy) is 2. The molecule has 114 valence electrons. The Kier molecular flexibility index (Phi) is 5.78. The molecule has 1 aromatic carbocycles. The van der Waals surface area contributed by atoms with Crippen LogP contribution in [0, 0.1) is 0 Å². The number of methoxy groups -OCH3 is 1. The van der Waals surface area contributed by atoms with Gasteiger partial charge in [-0.2, -0.15) is 0 Å². The highest BCUT2D eigenvalue weighted by Crippen LogP contribution is 2.26. The summed E-state index contributed by atoms with van der Waals surface area (Å²) in [7, 11) is 1.57. The first-order chi connectivity index (χ1) is 10.2. The maximum Gasteiger partial charge on any atom is 0.244 e. The smallest absolute Gasteiger partial charge is 0.244 e. The number of amides is 1. The SMILES string of the molecule is COCC(CCO)NC(=O)/C=C/c1ccc2c(c1)CCO2. The molecule has 0 fully saturated rings. The van der Waals surface area contributed by atoms with Gasteiger partial charge in [-0.3, -0.25) is 4.79 Å². The van der Waals surface area contributed by atoms with Crippen molar-refractivity contribution in [2.75, 3.05) is 26.9 Å². The van der Waals surface area contributed by atoms with Crippen LogP contribution >= 0.6 is 0 Å². The number of nitrogens with one attached hydrogen (secondary N) is 1. The Morgan fingerprint density at radius 2 is 2.43 bits per heavy atom. The highest BCUT2D eigenvalue weighted by Gasteiger charge is 2.12. The van der Waals surface area contributed by atoms with Gasteiger partial charge in [0.05, 0.1) is 19.3 Å². The molecule has 2 rings (SSSR count). The van der Waals surface area contributed by atoms with E-state index >= 15 is 0 Å². The zero-order valence-electron chi connectivity index (χ0n) is 12.2. The molecule has 1 atom stereocenters. The first kappa shape index (κ1) is 15.5. The highest BCUT2D eigenvalue weighted by atomic mass is 16.5. The second-order valence-corrected chi connectivity index (χ2v) is 4.97. The summed E-state index contributed by atoms with van der Waals surface area (Å²) in [5.41, 5.74) is 2.15. The zero-order chi connectivity index (χ0) is 15.1. The lowest BCUT2D eigenvalue weighted by Gasteiger charge is -2.15. The van der Waals surface area contributed by atoms with Crippen LogP contribution < -0.4 is 10.1 Å². The Hall–Kier alpha value is -1.85. The van der Waals surface area contributed by atoms with E-state index in [1.165, 1.54) is 11.6 Å². The van der Waals surface area contributed by atoms with E-state index in [9.17, 15) is 4.79 Å². The molecule has 5 heteroatoms. The van der Waals surface area contributed by atoms with Crippen molar-refractivity contribution in [3.05, 3.63) is 35.4 Å². The van der Waals surface area contributed by atoms with E-state index in [1.807, 2.05) is 18.2 Å². The lowest BCUT2D eigenvalue weighted by molar-refractivity contribution is -0.117. The van der Waals surface area contributed by atoms with E-state index in [0.29, 0.717) is 13.0 Å². The average Bonchev–Trinajstić information content (AvgIpc) is 2.93. The lowest BCUT2D eigenvalue weighted by Crippen LogP contribution is -2.37. The Bertz CT molecular complexity index is 507. The van der Waals surface area contributed by atoms with Crippen LogP contribution in [0.25, 0.3) is 6.08 Å². The molecule has 0 saturated carbocycles. The van der Waals surface area contributed by atoms with Crippen LogP contribution in [-0.2, 0) is 16.0 Å². The lowest BCUT2D eigenvalue weighted by atomic mass is 10.1. The molecule has 1 aliphatic heterocycles. The predicted octanol–water partition coefficient (Wildman–Crippen LogP) is 1.15. The number of carbonyl (C=O) groups is 1. The van der Waals surface area contributed by atoms with Gasteiger partial charge in [-0.25, -0.2) is 0 Å². The molecule has 5 nitrogen and oxygen atoms in total. The van der Waals surface area contributed by atoms with Gasteiger partial charge in [-0.1, -0.05) is 6.07 Å². The van der Waals surface area contributed by atoms with Crippen molar-refractivity contribution in [2.24, 2.45) is 0 Å². The van der Waals surface area contributed by atoms with E-state index in [2.05, 4.69) is 5.32 Å². The molecular formula is C16H21NO4. The van der Waals surface area contributed by atoms with Gasteiger partial charge in [-0.05, 0) is 35.8 Å². The molecule has 0 spiro atoms. The van der Waals surface area contributed by atoms with Crippen molar-refractivity contribution in [2.45, 2.75) is 18.9 Å². The van der Waals surface area contributed by atoms with E-state index in [1.54, 1.807) is 13.2 Å². The van der Waals surface area contributed by atoms with E-state index in [0.717, 1.165) is 24.3 Å². The van der Waals surface area contributed by atoms with Gasteiger partial charge in [0.1, 0.15) is 5.75 Å². The van der Waals surface area contributed by atoms with Crippen molar-refractivity contribution >= 4 is 12.0 Å². The minimum atomic E-state index is -0.192. The van der Waals surface area contributed by atoms with Crippen LogP contribution in [0.1, 0.15) is 17.5 Å². The van der Waals surface area contributed by atoms with Gasteiger partial charge in [0, 0.05) is 26.2 Å². The van der Waals surface area contributed by atoms with Gasteiger partial charge in [0.2, 0.25) is 5.91 Å². The maximum absolute atomic E-state index is 11.9. The quantitative estimate of drug-likeness (QED) is 0.740. The van der Waals surface area contributed by atoms with Crippen LogP contribution in [0.15, 0.2) is 24.3 Å². The summed E-state index contributed by atoms with van der Waals surface area (Å²) in [6, 6.07) is 5.71. The first-order valence-corrected chi connectivity index (χ1v) is 7.07. The third-order valence-electron chi connectivity index (χ3n) is 3.33. The summed E-state index contributed by atoms with van der Waals surface area (Å²) in [6.45, 7) is 1.13. The number of hydrogen-bond acceptors (Lipinski definition) is 4. The number of carbonyl (C=O) groups excluding carboxylic acids is 1. The second kappa shape index (κ2) is 7.81. The molecule has 21 heavy (non-hydrogen) atoms. The largest absolute Gasteiger partial charge is 0.493 e. The molecule has 2 N–H and O–H groups in total. The molecule has 1 unspecified atom stereocenters. The Morgan fingerprint density at radius 1 is 1.57 bits per heavy atom. The average molecular weight is 291 g/mol. The maximum atomic E-state index is 11.9. The van der Waals surface area contributed by atoms with Crippen LogP contribution in [0.3, 0.4) is 0 Å². The molecule has 1 amide bonds. The van der Waals surface area contributed by atoms with Crippen LogP contribution in [0.5, 0.6) is 5.75 Å². The normalized spacial score (nSPS) is 14.8. The third-order valence-corrected chi connectivity index (χ3v) is 3.33. The number of hydrogen-bond donors (Lipinski definition) is 2. The highest BCUT2D eigenvalue weighted by molar-refractivity contribution is 5.92. The first-order valence-electron chi connectivity index (χ1n) is 7.07. The molecule has 1 aromatic rings. The van der Waals surface area contributed by atoms with E-state index in [-0.39, 0.29) is 18.6 Å². The van der Waals surface area contributed by atoms with Crippen LogP contribution in [0.2, 0.25) is 0 Å². The molecule has 1 heterocycles. The molecule has 0 radical (unpaired) electrons. The predicted molar refractivity (Wildman–Crippen MR) is 80.2 cm³/mol.